The minimum absolute atomic E-state index is 0.121. The summed E-state index contributed by atoms with van der Waals surface area (Å²) in [5.74, 6) is 0. The fourth-order valence-electron chi connectivity index (χ4n) is 2.96. The maximum absolute atomic E-state index is 5.95. The highest BCUT2D eigenvalue weighted by molar-refractivity contribution is 7.09. The smallest absolute Gasteiger partial charge is 0.125 e. The van der Waals surface area contributed by atoms with E-state index in [2.05, 4.69) is 24.5 Å². The zero-order chi connectivity index (χ0) is 14.4. The Bertz CT molecular complexity index is 397. The van der Waals surface area contributed by atoms with E-state index in [1.807, 2.05) is 7.11 Å². The molecule has 0 saturated heterocycles. The Labute approximate surface area is 127 Å². The maximum atomic E-state index is 5.95. The maximum Gasteiger partial charge on any atom is 0.125 e. The first-order valence-corrected chi connectivity index (χ1v) is 8.84. The van der Waals surface area contributed by atoms with Crippen molar-refractivity contribution >= 4 is 11.3 Å². The monoisotopic (exact) mass is 296 g/mol. The highest BCUT2D eigenvalue weighted by atomic mass is 32.1. The van der Waals surface area contributed by atoms with Gasteiger partial charge in [-0.25, -0.2) is 4.98 Å². The molecule has 1 aliphatic rings. The third-order valence-electron chi connectivity index (χ3n) is 4.36. The molecule has 1 N–H and O–H groups in total. The summed E-state index contributed by atoms with van der Waals surface area (Å²) < 4.78 is 5.95. The molecule has 3 nitrogen and oxygen atoms in total. The first kappa shape index (κ1) is 15.9. The van der Waals surface area contributed by atoms with E-state index >= 15 is 0 Å². The van der Waals surface area contributed by atoms with Crippen molar-refractivity contribution < 1.29 is 4.74 Å². The van der Waals surface area contributed by atoms with Gasteiger partial charge in [0.15, 0.2) is 0 Å². The van der Waals surface area contributed by atoms with Gasteiger partial charge in [0.25, 0.3) is 0 Å². The summed E-state index contributed by atoms with van der Waals surface area (Å²) in [6.45, 7) is 5.43. The Morgan fingerprint density at radius 2 is 2.05 bits per heavy atom. The first-order chi connectivity index (χ1) is 9.72. The van der Waals surface area contributed by atoms with Crippen molar-refractivity contribution in [2.24, 2.45) is 0 Å². The normalized spacial score (nSPS) is 20.6. The molecule has 20 heavy (non-hydrogen) atoms. The fraction of sp³-hybridized carbons (Fsp3) is 0.812. The lowest BCUT2D eigenvalue weighted by atomic mass is 9.95. The highest BCUT2D eigenvalue weighted by Crippen LogP contribution is 2.40. The van der Waals surface area contributed by atoms with Gasteiger partial charge in [0.05, 0.1) is 5.69 Å². The Hall–Kier alpha value is -0.450. The molecule has 1 fully saturated rings. The average molecular weight is 296 g/mol. The van der Waals surface area contributed by atoms with Crippen LogP contribution in [0.4, 0.5) is 0 Å². The topological polar surface area (TPSA) is 34.1 Å². The van der Waals surface area contributed by atoms with E-state index in [-0.39, 0.29) is 5.60 Å². The number of hydrogen-bond acceptors (Lipinski definition) is 4. The molecule has 1 heterocycles. The Morgan fingerprint density at radius 1 is 1.35 bits per heavy atom. The molecule has 2 rings (SSSR count). The van der Waals surface area contributed by atoms with Crippen LogP contribution >= 0.6 is 11.3 Å². The van der Waals surface area contributed by atoms with Crippen LogP contribution in [0.15, 0.2) is 5.38 Å². The summed E-state index contributed by atoms with van der Waals surface area (Å²) in [7, 11) is 1.85. The number of thiazole rings is 1. The molecule has 114 valence electrons. The van der Waals surface area contributed by atoms with Crippen LogP contribution in [0.3, 0.4) is 0 Å². The summed E-state index contributed by atoms with van der Waals surface area (Å²) in [6, 6.07) is 0.333. The van der Waals surface area contributed by atoms with Gasteiger partial charge in [0.1, 0.15) is 10.6 Å². The van der Waals surface area contributed by atoms with E-state index in [9.17, 15) is 0 Å². The van der Waals surface area contributed by atoms with Gasteiger partial charge in [-0.15, -0.1) is 11.3 Å². The van der Waals surface area contributed by atoms with Crippen molar-refractivity contribution in [1.82, 2.24) is 10.3 Å². The van der Waals surface area contributed by atoms with Crippen LogP contribution in [-0.4, -0.2) is 18.6 Å². The molecule has 4 heteroatoms. The summed E-state index contributed by atoms with van der Waals surface area (Å²) >= 11 is 1.77. The molecular formula is C16H28N2OS. The second-order valence-electron chi connectivity index (χ2n) is 5.87. The zero-order valence-corrected chi connectivity index (χ0v) is 13.9. The van der Waals surface area contributed by atoms with Crippen molar-refractivity contribution in [3.8, 4) is 0 Å². The van der Waals surface area contributed by atoms with Crippen molar-refractivity contribution in [3.05, 3.63) is 16.1 Å². The van der Waals surface area contributed by atoms with Crippen LogP contribution in [0.1, 0.15) is 75.5 Å². The summed E-state index contributed by atoms with van der Waals surface area (Å²) in [5.41, 5.74) is 1.04. The minimum Gasteiger partial charge on any atom is -0.371 e. The number of methoxy groups -OCH3 is 1. The number of hydrogen-bond donors (Lipinski definition) is 1. The lowest BCUT2D eigenvalue weighted by Crippen LogP contribution is -2.28. The van der Waals surface area contributed by atoms with E-state index < -0.39 is 0 Å². The zero-order valence-electron chi connectivity index (χ0n) is 13.1. The highest BCUT2D eigenvalue weighted by Gasteiger charge is 2.35. The summed E-state index contributed by atoms with van der Waals surface area (Å²) in [4.78, 5) is 4.90. The lowest BCUT2D eigenvalue weighted by Gasteiger charge is -2.29. The van der Waals surface area contributed by atoms with Gasteiger partial charge in [-0.05, 0) is 32.7 Å². The molecule has 1 unspecified atom stereocenters. The molecule has 1 aliphatic carbocycles. The summed E-state index contributed by atoms with van der Waals surface area (Å²) in [6.07, 6.45) is 8.57. The van der Waals surface area contributed by atoms with Crippen molar-refractivity contribution in [1.29, 1.82) is 0 Å². The van der Waals surface area contributed by atoms with Crippen LogP contribution in [0.25, 0.3) is 0 Å². The molecule has 0 amide bonds. The SMILES string of the molecule is CCCNC(C)c1csc(C2(OC)CCCCCC2)n1. The van der Waals surface area contributed by atoms with Gasteiger partial charge in [-0.1, -0.05) is 32.6 Å². The molecule has 0 aliphatic heterocycles. The van der Waals surface area contributed by atoms with Crippen LogP contribution in [0.2, 0.25) is 0 Å². The molecule has 0 aromatic carbocycles. The molecule has 0 radical (unpaired) electrons. The summed E-state index contributed by atoms with van der Waals surface area (Å²) in [5, 5.41) is 6.90. The quantitative estimate of drug-likeness (QED) is 0.790. The van der Waals surface area contributed by atoms with Crippen molar-refractivity contribution in [2.75, 3.05) is 13.7 Å². The van der Waals surface area contributed by atoms with E-state index in [1.54, 1.807) is 11.3 Å². The average Bonchev–Trinajstić information content (AvgIpc) is 2.85. The van der Waals surface area contributed by atoms with Gasteiger partial charge in [0, 0.05) is 18.5 Å². The number of nitrogens with zero attached hydrogens (tertiary/aromatic N) is 1. The first-order valence-electron chi connectivity index (χ1n) is 7.96. The van der Waals surface area contributed by atoms with E-state index in [0.717, 1.165) is 25.8 Å². The van der Waals surface area contributed by atoms with E-state index in [4.69, 9.17) is 9.72 Å². The number of nitrogens with one attached hydrogen (secondary N) is 1. The second kappa shape index (κ2) is 7.53. The molecule has 1 aromatic heterocycles. The van der Waals surface area contributed by atoms with Gasteiger partial charge >= 0.3 is 0 Å². The molecule has 1 aromatic rings. The van der Waals surface area contributed by atoms with E-state index in [0.29, 0.717) is 6.04 Å². The van der Waals surface area contributed by atoms with Crippen LogP contribution < -0.4 is 5.32 Å². The predicted octanol–water partition coefficient (Wildman–Crippen LogP) is 4.40. The van der Waals surface area contributed by atoms with Gasteiger partial charge in [-0.2, -0.15) is 0 Å². The largest absolute Gasteiger partial charge is 0.371 e. The lowest BCUT2D eigenvalue weighted by molar-refractivity contribution is -0.0281. The van der Waals surface area contributed by atoms with Gasteiger partial charge in [-0.3, -0.25) is 0 Å². The Kier molecular flexibility index (Phi) is 6.00. The van der Waals surface area contributed by atoms with E-state index in [1.165, 1.54) is 36.4 Å². The third-order valence-corrected chi connectivity index (χ3v) is 5.40. The van der Waals surface area contributed by atoms with Crippen molar-refractivity contribution in [3.63, 3.8) is 0 Å². The number of rotatable bonds is 6. The molecule has 0 bridgehead atoms. The Balaban J connectivity index is 2.12. The number of ether oxygens (including phenoxy) is 1. The standard InChI is InChI=1S/C16H28N2OS/c1-4-11-17-13(2)14-12-20-15(18-14)16(19-3)9-7-5-6-8-10-16/h12-13,17H,4-11H2,1-3H3. The van der Waals surface area contributed by atoms with Gasteiger partial charge in [0.2, 0.25) is 0 Å². The third kappa shape index (κ3) is 3.60. The van der Waals surface area contributed by atoms with Gasteiger partial charge < -0.3 is 10.1 Å². The number of aromatic nitrogens is 1. The van der Waals surface area contributed by atoms with Crippen molar-refractivity contribution in [2.45, 2.75) is 70.4 Å². The molecular weight excluding hydrogens is 268 g/mol. The second-order valence-corrected chi connectivity index (χ2v) is 6.72. The Morgan fingerprint density at radius 3 is 2.65 bits per heavy atom. The minimum atomic E-state index is -0.121. The fourth-order valence-corrected chi connectivity index (χ4v) is 4.11. The predicted molar refractivity (Wildman–Crippen MR) is 85.2 cm³/mol. The molecule has 0 spiro atoms. The molecule has 1 atom stereocenters. The molecule has 1 saturated carbocycles. The van der Waals surface area contributed by atoms with Crippen LogP contribution in [0, 0.1) is 0 Å². The van der Waals surface area contributed by atoms with Crippen LogP contribution in [0.5, 0.6) is 0 Å². The van der Waals surface area contributed by atoms with Crippen LogP contribution in [-0.2, 0) is 10.3 Å².